The number of hydrogen-bond donors (Lipinski definition) is 2. The third-order valence-electron chi connectivity index (χ3n) is 6.08. The fourth-order valence-corrected chi connectivity index (χ4v) is 4.49. The smallest absolute Gasteiger partial charge is 0.382 e. The lowest BCUT2D eigenvalue weighted by atomic mass is 9.90. The second kappa shape index (κ2) is 9.70. The van der Waals surface area contributed by atoms with Gasteiger partial charge in [0.25, 0.3) is 5.91 Å². The normalized spacial score (nSPS) is 18.5. The summed E-state index contributed by atoms with van der Waals surface area (Å²) in [5.41, 5.74) is 1.19. The largest absolute Gasteiger partial charge is 0.433 e. The number of anilines is 2. The summed E-state index contributed by atoms with van der Waals surface area (Å²) in [7, 11) is 3.86. The number of fused-ring (bicyclic) bond motifs is 1. The zero-order valence-electron chi connectivity index (χ0n) is 18.9. The Morgan fingerprint density at radius 1 is 1.06 bits per heavy atom. The Balaban J connectivity index is 1.49. The number of pyridine rings is 1. The van der Waals surface area contributed by atoms with E-state index in [1.807, 2.05) is 31.1 Å². The Bertz CT molecular complexity index is 1180. The van der Waals surface area contributed by atoms with Gasteiger partial charge in [0, 0.05) is 53.5 Å². The van der Waals surface area contributed by atoms with Crippen molar-refractivity contribution in [2.24, 2.45) is 0 Å². The minimum atomic E-state index is -4.56. The van der Waals surface area contributed by atoms with Gasteiger partial charge in [-0.25, -0.2) is 4.98 Å². The topological polar surface area (TPSA) is 57.3 Å². The number of nitrogens with zero attached hydrogens (tertiary/aromatic N) is 2. The molecule has 2 atom stereocenters. The first-order chi connectivity index (χ1) is 16.1. The van der Waals surface area contributed by atoms with Crippen LogP contribution in [0.15, 0.2) is 48.5 Å². The van der Waals surface area contributed by atoms with Crippen LogP contribution in [0.4, 0.5) is 24.5 Å². The van der Waals surface area contributed by atoms with Crippen LogP contribution in [-0.4, -0.2) is 37.1 Å². The van der Waals surface area contributed by atoms with Crippen molar-refractivity contribution in [1.82, 2.24) is 10.3 Å². The van der Waals surface area contributed by atoms with E-state index in [1.54, 1.807) is 18.2 Å². The lowest BCUT2D eigenvalue weighted by Gasteiger charge is -2.31. The first kappa shape index (κ1) is 24.1. The van der Waals surface area contributed by atoms with Gasteiger partial charge >= 0.3 is 6.18 Å². The molecule has 5 nitrogen and oxygen atoms in total. The minimum absolute atomic E-state index is 0.0777. The van der Waals surface area contributed by atoms with E-state index in [9.17, 15) is 18.0 Å². The molecular formula is C25H26ClF3N4O. The number of alkyl halides is 3. The molecule has 180 valence electrons. The average molecular weight is 491 g/mol. The molecule has 1 aliphatic carbocycles. The summed E-state index contributed by atoms with van der Waals surface area (Å²) in [5, 5.41) is 7.30. The van der Waals surface area contributed by atoms with Crippen LogP contribution < -0.4 is 15.5 Å². The number of halogens is 4. The number of amides is 1. The predicted molar refractivity (Wildman–Crippen MR) is 130 cm³/mol. The molecule has 34 heavy (non-hydrogen) atoms. The molecule has 1 fully saturated rings. The van der Waals surface area contributed by atoms with Crippen molar-refractivity contribution in [2.75, 3.05) is 24.3 Å². The maximum atomic E-state index is 13.4. The van der Waals surface area contributed by atoms with Crippen LogP contribution in [0, 0.1) is 0 Å². The van der Waals surface area contributed by atoms with E-state index in [2.05, 4.69) is 15.6 Å². The van der Waals surface area contributed by atoms with Crippen molar-refractivity contribution in [1.29, 1.82) is 0 Å². The summed E-state index contributed by atoms with van der Waals surface area (Å²) in [5.74, 6) is -0.156. The molecule has 0 saturated heterocycles. The number of rotatable bonds is 5. The second-order valence-electron chi connectivity index (χ2n) is 8.83. The van der Waals surface area contributed by atoms with E-state index in [1.165, 1.54) is 12.1 Å². The number of aromatic nitrogens is 1. The van der Waals surface area contributed by atoms with Crippen LogP contribution in [-0.2, 0) is 6.18 Å². The molecule has 1 amide bonds. The number of nitrogens with one attached hydrogen (secondary N) is 2. The first-order valence-corrected chi connectivity index (χ1v) is 11.5. The molecule has 2 N–H and O–H groups in total. The molecular weight excluding hydrogens is 465 g/mol. The van der Waals surface area contributed by atoms with Crippen molar-refractivity contribution >= 4 is 39.8 Å². The summed E-state index contributed by atoms with van der Waals surface area (Å²) < 4.78 is 40.3. The quantitative estimate of drug-likeness (QED) is 0.452. The fraction of sp³-hybridized carbons (Fsp3) is 0.360. The van der Waals surface area contributed by atoms with Gasteiger partial charge in [0.2, 0.25) is 0 Å². The van der Waals surface area contributed by atoms with Crippen LogP contribution in [0.2, 0.25) is 5.02 Å². The molecule has 3 aromatic rings. The third kappa shape index (κ3) is 5.55. The third-order valence-corrected chi connectivity index (χ3v) is 6.31. The van der Waals surface area contributed by atoms with Crippen LogP contribution in [0.1, 0.15) is 41.7 Å². The summed E-state index contributed by atoms with van der Waals surface area (Å²) in [6.45, 7) is 0. The van der Waals surface area contributed by atoms with E-state index in [0.29, 0.717) is 28.1 Å². The fourth-order valence-electron chi connectivity index (χ4n) is 4.31. The predicted octanol–water partition coefficient (Wildman–Crippen LogP) is 6.13. The Labute approximate surface area is 201 Å². The van der Waals surface area contributed by atoms with Crippen molar-refractivity contribution in [3.8, 4) is 0 Å². The Kier molecular flexibility index (Phi) is 6.89. The van der Waals surface area contributed by atoms with Gasteiger partial charge in [0.1, 0.15) is 5.69 Å². The highest BCUT2D eigenvalue weighted by Crippen LogP contribution is 2.35. The maximum absolute atomic E-state index is 13.4. The highest BCUT2D eigenvalue weighted by atomic mass is 35.5. The highest BCUT2D eigenvalue weighted by Gasteiger charge is 2.34. The number of benzene rings is 2. The van der Waals surface area contributed by atoms with Crippen LogP contribution in [0.5, 0.6) is 0 Å². The first-order valence-electron chi connectivity index (χ1n) is 11.1. The molecule has 9 heteroatoms. The number of carbonyl (C=O) groups is 1. The summed E-state index contributed by atoms with van der Waals surface area (Å²) in [6, 6.07) is 12.8. The highest BCUT2D eigenvalue weighted by molar-refractivity contribution is 6.31. The van der Waals surface area contributed by atoms with E-state index in [-0.39, 0.29) is 23.5 Å². The second-order valence-corrected chi connectivity index (χ2v) is 9.27. The van der Waals surface area contributed by atoms with Gasteiger partial charge in [-0.05, 0) is 74.2 Å². The number of hydrogen-bond acceptors (Lipinski definition) is 4. The molecule has 1 aliphatic rings. The van der Waals surface area contributed by atoms with Crippen molar-refractivity contribution in [3.63, 3.8) is 0 Å². The van der Waals surface area contributed by atoms with E-state index in [4.69, 9.17) is 11.6 Å². The summed E-state index contributed by atoms with van der Waals surface area (Å²) in [6.07, 6.45) is -1.51. The van der Waals surface area contributed by atoms with Crippen LogP contribution >= 0.6 is 11.6 Å². The van der Waals surface area contributed by atoms with Crippen molar-refractivity contribution < 1.29 is 18.0 Å². The maximum Gasteiger partial charge on any atom is 0.433 e. The van der Waals surface area contributed by atoms with Crippen molar-refractivity contribution in [3.05, 3.63) is 64.8 Å². The molecule has 0 bridgehead atoms. The van der Waals surface area contributed by atoms with Gasteiger partial charge in [-0.2, -0.15) is 13.2 Å². The standard InChI is InChI=1S/C25H26ClF3N4O/c1-33(2)19-9-6-15(7-10-19)24(34)31-18-5-3-4-17(13-18)30-22-14-23(25(27,28)29)32-21-11-8-16(26)12-20(21)22/h6-12,14,17-18H,3-5,13H2,1-2H3,(H,30,32)(H,31,34)/t17-,18+/m0/s1. The Morgan fingerprint density at radius 3 is 2.44 bits per heavy atom. The molecule has 2 aromatic carbocycles. The van der Waals surface area contributed by atoms with Gasteiger partial charge in [0.05, 0.1) is 5.52 Å². The lowest BCUT2D eigenvalue weighted by molar-refractivity contribution is -0.140. The number of carbonyl (C=O) groups excluding carboxylic acids is 1. The van der Waals surface area contributed by atoms with Crippen molar-refractivity contribution in [2.45, 2.75) is 43.9 Å². The van der Waals surface area contributed by atoms with E-state index in [0.717, 1.165) is 31.0 Å². The minimum Gasteiger partial charge on any atom is -0.382 e. The zero-order valence-corrected chi connectivity index (χ0v) is 19.7. The summed E-state index contributed by atoms with van der Waals surface area (Å²) >= 11 is 6.10. The molecule has 4 rings (SSSR count). The van der Waals surface area contributed by atoms with Gasteiger partial charge < -0.3 is 15.5 Å². The zero-order chi connectivity index (χ0) is 24.5. The van der Waals surface area contributed by atoms with E-state index < -0.39 is 11.9 Å². The Hall–Kier alpha value is -3.00. The summed E-state index contributed by atoms with van der Waals surface area (Å²) in [4.78, 5) is 18.5. The molecule has 0 unspecified atom stereocenters. The van der Waals surface area contributed by atoms with Crippen LogP contribution in [0.25, 0.3) is 10.9 Å². The van der Waals surface area contributed by atoms with Gasteiger partial charge in [-0.3, -0.25) is 4.79 Å². The molecule has 1 saturated carbocycles. The average Bonchev–Trinajstić information content (AvgIpc) is 2.79. The van der Waals surface area contributed by atoms with Crippen LogP contribution in [0.3, 0.4) is 0 Å². The van der Waals surface area contributed by atoms with E-state index >= 15 is 0 Å². The van der Waals surface area contributed by atoms with Gasteiger partial charge in [-0.1, -0.05) is 11.6 Å². The molecule has 0 spiro atoms. The van der Waals surface area contributed by atoms with Gasteiger partial charge in [-0.15, -0.1) is 0 Å². The molecule has 0 radical (unpaired) electrons. The molecule has 1 aromatic heterocycles. The monoisotopic (exact) mass is 490 g/mol. The van der Waals surface area contributed by atoms with Gasteiger partial charge in [0.15, 0.2) is 0 Å². The lowest BCUT2D eigenvalue weighted by Crippen LogP contribution is -2.41. The SMILES string of the molecule is CN(C)c1ccc(C(=O)N[C@@H]2CCC[C@H](Nc3cc(C(F)(F)F)nc4ccc(Cl)cc34)C2)cc1. The Morgan fingerprint density at radius 2 is 1.76 bits per heavy atom. The molecule has 0 aliphatic heterocycles. The molecule has 1 heterocycles.